The Labute approximate surface area is 160 Å². The predicted octanol–water partition coefficient (Wildman–Crippen LogP) is 2.95. The number of anilines is 1. The molecule has 144 valence electrons. The Hall–Kier alpha value is -2.18. The maximum atomic E-state index is 13.5. The first-order chi connectivity index (χ1) is 12.9. The van der Waals surface area contributed by atoms with Gasteiger partial charge in [0, 0.05) is 13.1 Å². The molecule has 4 rings (SSSR count). The number of hydrogen-bond acceptors (Lipinski definition) is 4. The fourth-order valence-electron chi connectivity index (χ4n) is 4.15. The standard InChI is InChI=1S/C21H28N4O2/c1-15-5-6-16-17(11-15)25(19(26)13-23-7-9-27-10-8-23)20(21(2,3)4)18-12-22-14-24(16)18/h5-6,11-12,14,20H,7-10,13H2,1-4H3. The zero-order valence-electron chi connectivity index (χ0n) is 16.6. The van der Waals surface area contributed by atoms with Gasteiger partial charge < -0.3 is 4.74 Å². The van der Waals surface area contributed by atoms with Crippen molar-refractivity contribution in [2.45, 2.75) is 33.7 Å². The molecule has 1 atom stereocenters. The smallest absolute Gasteiger partial charge is 0.241 e. The van der Waals surface area contributed by atoms with Crippen molar-refractivity contribution < 1.29 is 9.53 Å². The normalized spacial score (nSPS) is 20.3. The quantitative estimate of drug-likeness (QED) is 0.818. The van der Waals surface area contributed by atoms with E-state index >= 15 is 0 Å². The van der Waals surface area contributed by atoms with Crippen LogP contribution in [0.15, 0.2) is 30.7 Å². The third-order valence-electron chi connectivity index (χ3n) is 5.41. The summed E-state index contributed by atoms with van der Waals surface area (Å²) in [7, 11) is 0. The Morgan fingerprint density at radius 3 is 2.67 bits per heavy atom. The first-order valence-electron chi connectivity index (χ1n) is 9.61. The minimum absolute atomic E-state index is 0.0668. The summed E-state index contributed by atoms with van der Waals surface area (Å²) in [4.78, 5) is 22.1. The van der Waals surface area contributed by atoms with Gasteiger partial charge >= 0.3 is 0 Å². The van der Waals surface area contributed by atoms with Gasteiger partial charge in [0.1, 0.15) is 0 Å². The second-order valence-electron chi connectivity index (χ2n) is 8.60. The number of carbonyl (C=O) groups excluding carboxylic acids is 1. The van der Waals surface area contributed by atoms with Crippen LogP contribution < -0.4 is 4.90 Å². The molecular weight excluding hydrogens is 340 g/mol. The van der Waals surface area contributed by atoms with E-state index in [4.69, 9.17) is 4.74 Å². The van der Waals surface area contributed by atoms with Crippen molar-refractivity contribution in [3.8, 4) is 5.69 Å². The molecule has 3 heterocycles. The minimum atomic E-state index is -0.125. The largest absolute Gasteiger partial charge is 0.379 e. The molecule has 27 heavy (non-hydrogen) atoms. The van der Waals surface area contributed by atoms with Crippen molar-refractivity contribution in [3.63, 3.8) is 0 Å². The van der Waals surface area contributed by atoms with Crippen molar-refractivity contribution in [2.75, 3.05) is 37.7 Å². The summed E-state index contributed by atoms with van der Waals surface area (Å²) in [5, 5.41) is 0. The van der Waals surface area contributed by atoms with Crippen LogP contribution in [0.4, 0.5) is 5.69 Å². The third kappa shape index (κ3) is 3.28. The van der Waals surface area contributed by atoms with Gasteiger partial charge in [0.15, 0.2) is 0 Å². The lowest BCUT2D eigenvalue weighted by molar-refractivity contribution is -0.121. The van der Waals surface area contributed by atoms with Crippen LogP contribution in [0.2, 0.25) is 0 Å². The van der Waals surface area contributed by atoms with Crippen molar-refractivity contribution in [1.82, 2.24) is 14.5 Å². The van der Waals surface area contributed by atoms with Crippen LogP contribution >= 0.6 is 0 Å². The summed E-state index contributed by atoms with van der Waals surface area (Å²) in [6.45, 7) is 12.0. The molecule has 6 heteroatoms. The monoisotopic (exact) mass is 368 g/mol. The average Bonchev–Trinajstić information content (AvgIpc) is 3.09. The van der Waals surface area contributed by atoms with Gasteiger partial charge in [0.05, 0.1) is 55.4 Å². The molecule has 6 nitrogen and oxygen atoms in total. The van der Waals surface area contributed by atoms with Crippen LogP contribution in [0.3, 0.4) is 0 Å². The zero-order valence-corrected chi connectivity index (χ0v) is 16.6. The van der Waals surface area contributed by atoms with Gasteiger partial charge in [-0.3, -0.25) is 19.2 Å². The molecule has 1 unspecified atom stereocenters. The van der Waals surface area contributed by atoms with Crippen molar-refractivity contribution in [2.24, 2.45) is 5.41 Å². The lowest BCUT2D eigenvalue weighted by Gasteiger charge is -2.45. The first-order valence-corrected chi connectivity index (χ1v) is 9.61. The fourth-order valence-corrected chi connectivity index (χ4v) is 4.15. The SMILES string of the molecule is Cc1ccc2c(c1)N(C(=O)CN1CCOCC1)C(C(C)(C)C)c1cncn1-2. The Morgan fingerprint density at radius 1 is 1.22 bits per heavy atom. The summed E-state index contributed by atoms with van der Waals surface area (Å²) < 4.78 is 7.56. The number of ether oxygens (including phenoxy) is 1. The van der Waals surface area contributed by atoms with Crippen molar-refractivity contribution in [1.29, 1.82) is 0 Å². The number of carbonyl (C=O) groups is 1. The number of aryl methyl sites for hydroxylation is 1. The summed E-state index contributed by atoms with van der Waals surface area (Å²) in [5.41, 5.74) is 4.07. The van der Waals surface area contributed by atoms with Gasteiger partial charge in [-0.25, -0.2) is 4.98 Å². The highest BCUT2D eigenvalue weighted by atomic mass is 16.5. The van der Waals surface area contributed by atoms with E-state index in [1.165, 1.54) is 0 Å². The number of aromatic nitrogens is 2. The number of fused-ring (bicyclic) bond motifs is 3. The topological polar surface area (TPSA) is 50.6 Å². The van der Waals surface area contributed by atoms with Crippen LogP contribution in [0, 0.1) is 12.3 Å². The number of nitrogens with zero attached hydrogens (tertiary/aromatic N) is 4. The number of imidazole rings is 1. The highest BCUT2D eigenvalue weighted by molar-refractivity contribution is 5.98. The van der Waals surface area contributed by atoms with Crippen LogP contribution in [-0.4, -0.2) is 53.2 Å². The van der Waals surface area contributed by atoms with Crippen LogP contribution in [0.1, 0.15) is 38.1 Å². The van der Waals surface area contributed by atoms with E-state index in [2.05, 4.69) is 60.3 Å². The molecule has 0 aliphatic carbocycles. The molecule has 1 saturated heterocycles. The van der Waals surface area contributed by atoms with E-state index in [1.807, 2.05) is 17.4 Å². The molecule has 1 aromatic carbocycles. The Kier molecular flexibility index (Phi) is 4.56. The molecule has 1 amide bonds. The van der Waals surface area contributed by atoms with E-state index in [0.717, 1.165) is 35.7 Å². The van der Waals surface area contributed by atoms with Crippen LogP contribution in [-0.2, 0) is 9.53 Å². The van der Waals surface area contributed by atoms with E-state index < -0.39 is 0 Å². The highest BCUT2D eigenvalue weighted by Crippen LogP contribution is 2.46. The molecule has 1 fully saturated rings. The molecule has 0 radical (unpaired) electrons. The van der Waals surface area contributed by atoms with E-state index in [0.29, 0.717) is 19.8 Å². The van der Waals surface area contributed by atoms with Gasteiger partial charge in [-0.2, -0.15) is 0 Å². The lowest BCUT2D eigenvalue weighted by Crippen LogP contribution is -2.50. The van der Waals surface area contributed by atoms with Crippen molar-refractivity contribution in [3.05, 3.63) is 42.0 Å². The van der Waals surface area contributed by atoms with Gasteiger partial charge in [0.2, 0.25) is 5.91 Å². The van der Waals surface area contributed by atoms with Crippen LogP contribution in [0.25, 0.3) is 5.69 Å². The van der Waals surface area contributed by atoms with Gasteiger partial charge in [-0.05, 0) is 30.0 Å². The Bertz CT molecular complexity index is 846. The molecular formula is C21H28N4O2. The number of hydrogen-bond donors (Lipinski definition) is 0. The summed E-state index contributed by atoms with van der Waals surface area (Å²) in [6.07, 6.45) is 3.75. The molecule has 0 saturated carbocycles. The van der Waals surface area contributed by atoms with E-state index in [1.54, 1.807) is 0 Å². The fraction of sp³-hybridized carbons (Fsp3) is 0.524. The Balaban J connectivity index is 1.79. The van der Waals surface area contributed by atoms with Gasteiger partial charge in [-0.1, -0.05) is 26.8 Å². The predicted molar refractivity (Wildman–Crippen MR) is 105 cm³/mol. The average molecular weight is 368 g/mol. The van der Waals surface area contributed by atoms with E-state index in [-0.39, 0.29) is 17.4 Å². The van der Waals surface area contributed by atoms with Gasteiger partial charge in [0.25, 0.3) is 0 Å². The minimum Gasteiger partial charge on any atom is -0.379 e. The number of benzene rings is 1. The molecule has 1 aromatic heterocycles. The summed E-state index contributed by atoms with van der Waals surface area (Å²) in [5.74, 6) is 0.135. The van der Waals surface area contributed by atoms with Crippen LogP contribution in [0.5, 0.6) is 0 Å². The Morgan fingerprint density at radius 2 is 1.96 bits per heavy atom. The number of rotatable bonds is 2. The maximum Gasteiger partial charge on any atom is 0.241 e. The molecule has 0 spiro atoms. The second kappa shape index (κ2) is 6.77. The molecule has 2 aliphatic rings. The summed E-state index contributed by atoms with van der Waals surface area (Å²) in [6, 6.07) is 6.23. The summed E-state index contributed by atoms with van der Waals surface area (Å²) >= 11 is 0. The molecule has 2 aromatic rings. The third-order valence-corrected chi connectivity index (χ3v) is 5.41. The number of morpholine rings is 1. The van der Waals surface area contributed by atoms with E-state index in [9.17, 15) is 4.79 Å². The lowest BCUT2D eigenvalue weighted by atomic mass is 9.82. The molecule has 2 aliphatic heterocycles. The maximum absolute atomic E-state index is 13.5. The second-order valence-corrected chi connectivity index (χ2v) is 8.60. The highest BCUT2D eigenvalue weighted by Gasteiger charge is 2.42. The zero-order chi connectivity index (χ0) is 19.2. The number of amides is 1. The van der Waals surface area contributed by atoms with Gasteiger partial charge in [-0.15, -0.1) is 0 Å². The van der Waals surface area contributed by atoms with Crippen molar-refractivity contribution >= 4 is 11.6 Å². The molecule has 0 bridgehead atoms. The molecule has 0 N–H and O–H groups in total. The first kappa shape index (κ1) is 18.2.